The maximum absolute atomic E-state index is 10.0. The Balaban J connectivity index is -0.000000173. The standard InChI is InChI=1S/C4H10O3S.C4H10.C2H7N/c1-3-4(2)8(5,6)7;1-3-4-2;1-2-3/h4H,3H2,1-2H3,(H,5,6,7);3-4H2,1-2H3;2-3H2,1H3/p-1. The van der Waals surface area contributed by atoms with Gasteiger partial charge in [0, 0.05) is 5.25 Å². The number of nitrogens with two attached hydrogens (primary N) is 1. The molecular weight excluding hydrogens is 214 g/mol. The molecule has 1 unspecified atom stereocenters. The van der Waals surface area contributed by atoms with Crippen molar-refractivity contribution < 1.29 is 13.0 Å². The van der Waals surface area contributed by atoms with E-state index in [9.17, 15) is 13.0 Å². The van der Waals surface area contributed by atoms with Gasteiger partial charge < -0.3 is 10.3 Å². The van der Waals surface area contributed by atoms with Crippen molar-refractivity contribution in [2.24, 2.45) is 5.73 Å². The third-order valence-corrected chi connectivity index (χ3v) is 2.89. The minimum absolute atomic E-state index is 0.395. The fourth-order valence-corrected chi connectivity index (χ4v) is 0.612. The van der Waals surface area contributed by atoms with Gasteiger partial charge in [-0.15, -0.1) is 0 Å². The molecule has 0 spiro atoms. The third kappa shape index (κ3) is 24.8. The Morgan fingerprint density at radius 2 is 1.40 bits per heavy atom. The fourth-order valence-electron chi connectivity index (χ4n) is 0.204. The molecule has 0 aliphatic heterocycles. The predicted molar refractivity (Wildman–Crippen MR) is 64.8 cm³/mol. The molecule has 0 heterocycles. The van der Waals surface area contributed by atoms with Crippen LogP contribution in [0.2, 0.25) is 0 Å². The van der Waals surface area contributed by atoms with Gasteiger partial charge in [-0.2, -0.15) is 0 Å². The van der Waals surface area contributed by atoms with Crippen LogP contribution in [0.3, 0.4) is 0 Å². The molecule has 0 aliphatic carbocycles. The first-order valence-corrected chi connectivity index (χ1v) is 6.93. The van der Waals surface area contributed by atoms with Crippen LogP contribution in [0.5, 0.6) is 0 Å². The van der Waals surface area contributed by atoms with Crippen LogP contribution in [0, 0.1) is 0 Å². The van der Waals surface area contributed by atoms with E-state index >= 15 is 0 Å². The molecule has 0 rings (SSSR count). The monoisotopic (exact) mass is 240 g/mol. The minimum atomic E-state index is -4.00. The lowest BCUT2D eigenvalue weighted by molar-refractivity contribution is 0.449. The Morgan fingerprint density at radius 3 is 1.40 bits per heavy atom. The van der Waals surface area contributed by atoms with E-state index in [1.165, 1.54) is 19.8 Å². The second kappa shape index (κ2) is 13.9. The molecule has 96 valence electrons. The second-order valence-electron chi connectivity index (χ2n) is 3.12. The summed E-state index contributed by atoms with van der Waals surface area (Å²) in [7, 11) is -4.00. The van der Waals surface area contributed by atoms with Crippen molar-refractivity contribution in [2.75, 3.05) is 6.54 Å². The molecule has 5 heteroatoms. The highest BCUT2D eigenvalue weighted by Crippen LogP contribution is 1.99. The molecule has 0 amide bonds. The lowest BCUT2D eigenvalue weighted by Gasteiger charge is -2.12. The molecule has 0 radical (unpaired) electrons. The molecule has 0 saturated heterocycles. The molecule has 0 saturated carbocycles. The van der Waals surface area contributed by atoms with Crippen LogP contribution in [-0.2, 0) is 10.1 Å². The molecule has 0 aromatic heterocycles. The van der Waals surface area contributed by atoms with Crippen molar-refractivity contribution in [1.82, 2.24) is 0 Å². The maximum atomic E-state index is 10.0. The molecular formula is C10H26NO3S-. The molecule has 0 fully saturated rings. The van der Waals surface area contributed by atoms with Crippen molar-refractivity contribution in [3.8, 4) is 0 Å². The molecule has 0 aromatic rings. The van der Waals surface area contributed by atoms with Crippen LogP contribution in [-0.4, -0.2) is 24.8 Å². The summed E-state index contributed by atoms with van der Waals surface area (Å²) in [5, 5.41) is -0.734. The highest BCUT2D eigenvalue weighted by Gasteiger charge is 2.04. The predicted octanol–water partition coefficient (Wildman–Crippen LogP) is 2.10. The highest BCUT2D eigenvalue weighted by atomic mass is 32.2. The lowest BCUT2D eigenvalue weighted by atomic mass is 10.4. The van der Waals surface area contributed by atoms with Gasteiger partial charge in [0.15, 0.2) is 0 Å². The van der Waals surface area contributed by atoms with E-state index in [1.807, 2.05) is 6.92 Å². The van der Waals surface area contributed by atoms with Crippen molar-refractivity contribution >= 4 is 10.1 Å². The van der Waals surface area contributed by atoms with Gasteiger partial charge in [0.25, 0.3) is 0 Å². The smallest absolute Gasteiger partial charge is 0.0972 e. The van der Waals surface area contributed by atoms with Crippen LogP contribution in [0.4, 0.5) is 0 Å². The average Bonchev–Trinajstić information content (AvgIpc) is 2.17. The van der Waals surface area contributed by atoms with Crippen LogP contribution in [0.15, 0.2) is 0 Å². The largest absolute Gasteiger partial charge is 0.748 e. The summed E-state index contributed by atoms with van der Waals surface area (Å²) in [6.07, 6.45) is 3.03. The van der Waals surface area contributed by atoms with Crippen LogP contribution >= 0.6 is 0 Å². The van der Waals surface area contributed by atoms with Crippen LogP contribution < -0.4 is 5.73 Å². The molecule has 0 aliphatic rings. The summed E-state index contributed by atoms with van der Waals surface area (Å²) in [6, 6.07) is 0. The van der Waals surface area contributed by atoms with Gasteiger partial charge in [-0.05, 0) is 19.9 Å². The first-order chi connectivity index (χ1) is 6.81. The highest BCUT2D eigenvalue weighted by molar-refractivity contribution is 7.86. The molecule has 2 N–H and O–H groups in total. The molecule has 0 bridgehead atoms. The quantitative estimate of drug-likeness (QED) is 0.766. The van der Waals surface area contributed by atoms with Crippen molar-refractivity contribution in [1.29, 1.82) is 0 Å². The number of rotatable bonds is 3. The Kier molecular flexibility index (Phi) is 18.8. The van der Waals surface area contributed by atoms with Gasteiger partial charge in [-0.3, -0.25) is 0 Å². The van der Waals surface area contributed by atoms with Crippen LogP contribution in [0.25, 0.3) is 0 Å². The topological polar surface area (TPSA) is 83.2 Å². The fraction of sp³-hybridized carbons (Fsp3) is 1.00. The number of hydrogen-bond donors (Lipinski definition) is 1. The van der Waals surface area contributed by atoms with Gasteiger partial charge in [0.05, 0.1) is 10.1 Å². The lowest BCUT2D eigenvalue weighted by Crippen LogP contribution is -2.14. The Hall–Kier alpha value is -0.130. The van der Waals surface area contributed by atoms with Gasteiger partial charge in [0.2, 0.25) is 0 Å². The molecule has 0 aromatic carbocycles. The summed E-state index contributed by atoms with van der Waals surface area (Å²) < 4.78 is 30.0. The van der Waals surface area contributed by atoms with E-state index < -0.39 is 15.4 Å². The summed E-state index contributed by atoms with van der Waals surface area (Å²) in [6.45, 7) is 10.1. The zero-order valence-corrected chi connectivity index (χ0v) is 11.4. The zero-order valence-electron chi connectivity index (χ0n) is 10.6. The van der Waals surface area contributed by atoms with Crippen LogP contribution in [0.1, 0.15) is 53.9 Å². The zero-order chi connectivity index (χ0) is 12.9. The maximum Gasteiger partial charge on any atom is 0.0972 e. The molecule has 1 atom stereocenters. The van der Waals surface area contributed by atoms with Gasteiger partial charge >= 0.3 is 0 Å². The van der Waals surface area contributed by atoms with E-state index in [-0.39, 0.29) is 0 Å². The van der Waals surface area contributed by atoms with Gasteiger partial charge in [-0.1, -0.05) is 40.5 Å². The van der Waals surface area contributed by atoms with E-state index in [1.54, 1.807) is 6.92 Å². The normalized spacial score (nSPS) is 11.7. The Bertz CT molecular complexity index is 189. The third-order valence-electron chi connectivity index (χ3n) is 1.57. The SMILES string of the molecule is CCC(C)S(=O)(=O)[O-].CCCC.CCN. The van der Waals surface area contributed by atoms with Crippen molar-refractivity contribution in [3.05, 3.63) is 0 Å². The summed E-state index contributed by atoms with van der Waals surface area (Å²) in [5.41, 5.74) is 4.85. The van der Waals surface area contributed by atoms with Crippen molar-refractivity contribution in [2.45, 2.75) is 59.1 Å². The van der Waals surface area contributed by atoms with Crippen molar-refractivity contribution in [3.63, 3.8) is 0 Å². The minimum Gasteiger partial charge on any atom is -0.748 e. The van der Waals surface area contributed by atoms with E-state index in [0.29, 0.717) is 6.42 Å². The van der Waals surface area contributed by atoms with Gasteiger partial charge in [-0.25, -0.2) is 8.42 Å². The molecule has 4 nitrogen and oxygen atoms in total. The number of hydrogen-bond acceptors (Lipinski definition) is 4. The molecule has 15 heavy (non-hydrogen) atoms. The number of unbranched alkanes of at least 4 members (excludes halogenated alkanes) is 1. The van der Waals surface area contributed by atoms with Gasteiger partial charge in [0.1, 0.15) is 0 Å². The Labute approximate surface area is 95.0 Å². The van der Waals surface area contributed by atoms with E-state index in [4.69, 9.17) is 5.73 Å². The average molecular weight is 240 g/mol. The first-order valence-electron chi connectivity index (χ1n) is 5.46. The first kappa shape index (κ1) is 20.3. The second-order valence-corrected chi connectivity index (χ2v) is 4.91. The summed E-state index contributed by atoms with van der Waals surface area (Å²) in [5.74, 6) is 0. The summed E-state index contributed by atoms with van der Waals surface area (Å²) in [4.78, 5) is 0. The summed E-state index contributed by atoms with van der Waals surface area (Å²) >= 11 is 0. The van der Waals surface area contributed by atoms with E-state index in [2.05, 4.69) is 13.8 Å². The Morgan fingerprint density at radius 1 is 1.13 bits per heavy atom. The van der Waals surface area contributed by atoms with E-state index in [0.717, 1.165) is 6.54 Å².